The molecule has 0 saturated heterocycles. The third-order valence-electron chi connectivity index (χ3n) is 1.69. The monoisotopic (exact) mass is 175 g/mol. The maximum Gasteiger partial charge on any atom is 0.136 e. The molecule has 0 bridgehead atoms. The third-order valence-corrected chi connectivity index (χ3v) is 1.69. The molecule has 0 spiro atoms. The molecule has 1 N–H and O–H groups in total. The van der Waals surface area contributed by atoms with E-state index in [1.165, 1.54) is 6.20 Å². The minimum Gasteiger partial charge on any atom is -0.506 e. The van der Waals surface area contributed by atoms with Crippen molar-refractivity contribution in [2.24, 2.45) is 0 Å². The summed E-state index contributed by atoms with van der Waals surface area (Å²) in [6.07, 6.45) is 6.66. The van der Waals surface area contributed by atoms with Crippen molar-refractivity contribution in [1.82, 2.24) is 14.8 Å². The Bertz CT molecular complexity index is 422. The molecule has 2 aromatic heterocycles. The summed E-state index contributed by atoms with van der Waals surface area (Å²) in [4.78, 5) is 3.86. The van der Waals surface area contributed by atoms with Gasteiger partial charge in [0.1, 0.15) is 5.75 Å². The number of hydrogen-bond acceptors (Lipinski definition) is 3. The van der Waals surface area contributed by atoms with E-state index in [0.29, 0.717) is 0 Å². The number of pyridine rings is 1. The molecule has 0 saturated carbocycles. The Kier molecular flexibility index (Phi) is 1.73. The SMILES string of the molecule is Cc1cnn(-c2cncc(O)c2)c1. The molecule has 66 valence electrons. The quantitative estimate of drug-likeness (QED) is 0.710. The molecule has 2 rings (SSSR count). The first-order chi connectivity index (χ1) is 6.25. The molecule has 2 heterocycles. The summed E-state index contributed by atoms with van der Waals surface area (Å²) in [5.74, 6) is 0.144. The minimum absolute atomic E-state index is 0.144. The van der Waals surface area contributed by atoms with E-state index in [-0.39, 0.29) is 5.75 Å². The Morgan fingerprint density at radius 1 is 1.31 bits per heavy atom. The van der Waals surface area contributed by atoms with Gasteiger partial charge >= 0.3 is 0 Å². The number of hydrogen-bond donors (Lipinski definition) is 1. The van der Waals surface area contributed by atoms with Crippen LogP contribution in [0.5, 0.6) is 5.75 Å². The average Bonchev–Trinajstić information content (AvgIpc) is 2.52. The van der Waals surface area contributed by atoms with Gasteiger partial charge in [-0.15, -0.1) is 0 Å². The highest BCUT2D eigenvalue weighted by atomic mass is 16.3. The van der Waals surface area contributed by atoms with Crippen LogP contribution in [0, 0.1) is 6.92 Å². The lowest BCUT2D eigenvalue weighted by molar-refractivity contribution is 0.472. The van der Waals surface area contributed by atoms with E-state index in [1.807, 2.05) is 13.1 Å². The molecule has 4 heteroatoms. The highest BCUT2D eigenvalue weighted by molar-refractivity contribution is 5.34. The molecule has 2 aromatic rings. The zero-order valence-corrected chi connectivity index (χ0v) is 7.18. The Labute approximate surface area is 75.5 Å². The van der Waals surface area contributed by atoms with Crippen LogP contribution in [-0.4, -0.2) is 19.9 Å². The number of rotatable bonds is 1. The Balaban J connectivity index is 2.46. The van der Waals surface area contributed by atoms with Crippen molar-refractivity contribution in [3.05, 3.63) is 36.4 Å². The topological polar surface area (TPSA) is 50.9 Å². The van der Waals surface area contributed by atoms with Gasteiger partial charge in [0.15, 0.2) is 0 Å². The third kappa shape index (κ3) is 1.51. The predicted octanol–water partition coefficient (Wildman–Crippen LogP) is 1.28. The fourth-order valence-corrected chi connectivity index (χ4v) is 1.10. The number of nitrogens with zero attached hydrogens (tertiary/aromatic N) is 3. The Morgan fingerprint density at radius 3 is 2.77 bits per heavy atom. The van der Waals surface area contributed by atoms with Crippen molar-refractivity contribution in [3.8, 4) is 11.4 Å². The molecule has 0 aliphatic heterocycles. The highest BCUT2D eigenvalue weighted by Crippen LogP contribution is 2.12. The molecule has 0 fully saturated rings. The molecule has 13 heavy (non-hydrogen) atoms. The Morgan fingerprint density at radius 2 is 2.15 bits per heavy atom. The number of aromatic hydroxyl groups is 1. The van der Waals surface area contributed by atoms with Gasteiger partial charge in [0.25, 0.3) is 0 Å². The summed E-state index contributed by atoms with van der Waals surface area (Å²) in [5, 5.41) is 13.3. The summed E-state index contributed by atoms with van der Waals surface area (Å²) in [6, 6.07) is 1.61. The zero-order chi connectivity index (χ0) is 9.26. The van der Waals surface area contributed by atoms with Gasteiger partial charge in [0.05, 0.1) is 24.3 Å². The second-order valence-electron chi connectivity index (χ2n) is 2.86. The van der Waals surface area contributed by atoms with Crippen molar-refractivity contribution in [2.75, 3.05) is 0 Å². The standard InChI is InChI=1S/C9H9N3O/c1-7-3-11-12(6-7)8-2-9(13)5-10-4-8/h2-6,13H,1H3. The van der Waals surface area contributed by atoms with Crippen LogP contribution in [0.4, 0.5) is 0 Å². The van der Waals surface area contributed by atoms with Crippen LogP contribution in [-0.2, 0) is 0 Å². The van der Waals surface area contributed by atoms with E-state index in [9.17, 15) is 5.11 Å². The first-order valence-electron chi connectivity index (χ1n) is 3.91. The molecular weight excluding hydrogens is 166 g/mol. The van der Waals surface area contributed by atoms with Crippen LogP contribution in [0.25, 0.3) is 5.69 Å². The molecule has 4 nitrogen and oxygen atoms in total. The van der Waals surface area contributed by atoms with E-state index in [0.717, 1.165) is 11.3 Å². The lowest BCUT2D eigenvalue weighted by atomic mass is 10.4. The van der Waals surface area contributed by atoms with Gasteiger partial charge in [0.2, 0.25) is 0 Å². The molecule has 0 aliphatic rings. The summed E-state index contributed by atoms with van der Waals surface area (Å²) in [5.41, 5.74) is 1.83. The van der Waals surface area contributed by atoms with E-state index in [2.05, 4.69) is 10.1 Å². The van der Waals surface area contributed by atoms with Gasteiger partial charge in [-0.3, -0.25) is 4.98 Å². The summed E-state index contributed by atoms with van der Waals surface area (Å²) in [6.45, 7) is 1.96. The second kappa shape index (κ2) is 2.90. The van der Waals surface area contributed by atoms with Crippen LogP contribution in [0.3, 0.4) is 0 Å². The molecule has 0 aromatic carbocycles. The van der Waals surface area contributed by atoms with Crippen molar-refractivity contribution < 1.29 is 5.11 Å². The lowest BCUT2D eigenvalue weighted by Crippen LogP contribution is -1.94. The predicted molar refractivity (Wildman–Crippen MR) is 47.8 cm³/mol. The lowest BCUT2D eigenvalue weighted by Gasteiger charge is -1.99. The molecular formula is C9H9N3O. The molecule has 0 radical (unpaired) electrons. The summed E-state index contributed by atoms with van der Waals surface area (Å²) >= 11 is 0. The average molecular weight is 175 g/mol. The molecule has 0 aliphatic carbocycles. The molecule has 0 unspecified atom stereocenters. The van der Waals surface area contributed by atoms with Crippen molar-refractivity contribution in [1.29, 1.82) is 0 Å². The van der Waals surface area contributed by atoms with Gasteiger partial charge in [0, 0.05) is 12.3 Å². The van der Waals surface area contributed by atoms with Crippen LogP contribution in [0.1, 0.15) is 5.56 Å². The summed E-state index contributed by atoms with van der Waals surface area (Å²) < 4.78 is 1.67. The van der Waals surface area contributed by atoms with E-state index < -0.39 is 0 Å². The fraction of sp³-hybridized carbons (Fsp3) is 0.111. The van der Waals surface area contributed by atoms with Gasteiger partial charge < -0.3 is 5.11 Å². The fourth-order valence-electron chi connectivity index (χ4n) is 1.10. The van der Waals surface area contributed by atoms with Crippen molar-refractivity contribution >= 4 is 0 Å². The number of aromatic nitrogens is 3. The van der Waals surface area contributed by atoms with Crippen molar-refractivity contribution in [2.45, 2.75) is 6.92 Å². The first kappa shape index (κ1) is 7.79. The van der Waals surface area contributed by atoms with Crippen LogP contribution in [0.2, 0.25) is 0 Å². The van der Waals surface area contributed by atoms with E-state index in [1.54, 1.807) is 23.1 Å². The van der Waals surface area contributed by atoms with E-state index >= 15 is 0 Å². The zero-order valence-electron chi connectivity index (χ0n) is 7.18. The maximum absolute atomic E-state index is 9.18. The van der Waals surface area contributed by atoms with Crippen LogP contribution >= 0.6 is 0 Å². The highest BCUT2D eigenvalue weighted by Gasteiger charge is 1.98. The molecule has 0 atom stereocenters. The maximum atomic E-state index is 9.18. The van der Waals surface area contributed by atoms with Gasteiger partial charge in [-0.1, -0.05) is 0 Å². The smallest absolute Gasteiger partial charge is 0.136 e. The first-order valence-corrected chi connectivity index (χ1v) is 3.91. The normalized spacial score (nSPS) is 10.2. The van der Waals surface area contributed by atoms with Crippen LogP contribution in [0.15, 0.2) is 30.9 Å². The van der Waals surface area contributed by atoms with Crippen LogP contribution < -0.4 is 0 Å². The Hall–Kier alpha value is -1.84. The second-order valence-corrected chi connectivity index (χ2v) is 2.86. The van der Waals surface area contributed by atoms with E-state index in [4.69, 9.17) is 0 Å². The molecule has 0 amide bonds. The van der Waals surface area contributed by atoms with Crippen molar-refractivity contribution in [3.63, 3.8) is 0 Å². The van der Waals surface area contributed by atoms with Gasteiger partial charge in [-0.25, -0.2) is 4.68 Å². The minimum atomic E-state index is 0.144. The van der Waals surface area contributed by atoms with Gasteiger partial charge in [-0.05, 0) is 12.5 Å². The number of aryl methyl sites for hydroxylation is 1. The largest absolute Gasteiger partial charge is 0.506 e. The summed E-state index contributed by atoms with van der Waals surface area (Å²) in [7, 11) is 0. The van der Waals surface area contributed by atoms with Gasteiger partial charge in [-0.2, -0.15) is 5.10 Å².